The van der Waals surface area contributed by atoms with Crippen LogP contribution in [0.5, 0.6) is 5.75 Å². The molecule has 2 aromatic carbocycles. The van der Waals surface area contributed by atoms with E-state index in [4.69, 9.17) is 10.5 Å². The average Bonchev–Trinajstić information content (AvgIpc) is 3.14. The highest BCUT2D eigenvalue weighted by Gasteiger charge is 2.28. The molecule has 0 saturated heterocycles. The van der Waals surface area contributed by atoms with E-state index in [-0.39, 0.29) is 23.0 Å². The molecular weight excluding hydrogens is 494 g/mol. The average molecular weight is 528 g/mol. The van der Waals surface area contributed by atoms with Crippen molar-refractivity contribution in [3.8, 4) is 5.75 Å². The van der Waals surface area contributed by atoms with Crippen LogP contribution in [0.15, 0.2) is 48.5 Å². The van der Waals surface area contributed by atoms with E-state index in [1.807, 2.05) is 66.5 Å². The Balaban J connectivity index is 2.08. The second-order valence-corrected chi connectivity index (χ2v) is 11.2. The molecule has 0 radical (unpaired) electrons. The van der Waals surface area contributed by atoms with Crippen molar-refractivity contribution in [2.24, 2.45) is 11.7 Å². The Morgan fingerprint density at radius 3 is 2.38 bits per heavy atom. The lowest BCUT2D eigenvalue weighted by atomic mass is 9.99. The number of hydrogen-bond acceptors (Lipinski definition) is 6. The molecule has 0 atom stereocenters. The van der Waals surface area contributed by atoms with Crippen LogP contribution in [0.2, 0.25) is 0 Å². The lowest BCUT2D eigenvalue weighted by molar-refractivity contribution is -0.121. The molecule has 0 fully saturated rings. The Hall–Kier alpha value is -3.66. The number of aromatic nitrogens is 1. The first-order valence-electron chi connectivity index (χ1n) is 12.2. The van der Waals surface area contributed by atoms with Gasteiger partial charge < -0.3 is 15.0 Å². The summed E-state index contributed by atoms with van der Waals surface area (Å²) in [4.78, 5) is 37.5. The topological polar surface area (TPSA) is 138 Å². The third-order valence-electron chi connectivity index (χ3n) is 5.79. The number of nitrogens with two attached hydrogens (primary N) is 1. The van der Waals surface area contributed by atoms with Crippen molar-refractivity contribution < 1.29 is 27.5 Å². The van der Waals surface area contributed by atoms with Gasteiger partial charge in [-0.2, -0.15) is 0 Å². The molecule has 3 aromatic rings. The minimum atomic E-state index is -3.77. The Morgan fingerprint density at radius 2 is 1.76 bits per heavy atom. The molecule has 9 nitrogen and oxygen atoms in total. The van der Waals surface area contributed by atoms with Crippen LogP contribution in [0, 0.1) is 5.92 Å². The molecule has 1 aromatic heterocycles. The van der Waals surface area contributed by atoms with Gasteiger partial charge in [0.2, 0.25) is 10.0 Å². The zero-order valence-electron chi connectivity index (χ0n) is 21.3. The van der Waals surface area contributed by atoms with Crippen LogP contribution in [0.25, 0.3) is 10.9 Å². The van der Waals surface area contributed by atoms with Gasteiger partial charge in [0.25, 0.3) is 17.6 Å². The predicted octanol–water partition coefficient (Wildman–Crippen LogP) is 3.18. The monoisotopic (exact) mass is 527 g/mol. The zero-order valence-corrected chi connectivity index (χ0v) is 22.1. The van der Waals surface area contributed by atoms with Crippen LogP contribution >= 0.6 is 0 Å². The van der Waals surface area contributed by atoms with Gasteiger partial charge in [0.05, 0.1) is 22.2 Å². The van der Waals surface area contributed by atoms with Gasteiger partial charge in [0, 0.05) is 12.2 Å². The summed E-state index contributed by atoms with van der Waals surface area (Å²) in [6, 6.07) is 14.8. The van der Waals surface area contributed by atoms with Crippen molar-refractivity contribution in [3.63, 3.8) is 0 Å². The molecule has 0 bridgehead atoms. The number of benzene rings is 2. The van der Waals surface area contributed by atoms with Crippen LogP contribution in [-0.4, -0.2) is 42.9 Å². The number of nitrogens with zero attached hydrogens (tertiary/aromatic N) is 1. The number of carbonyl (C=O) groups is 3. The number of rotatable bonds is 13. The largest absolute Gasteiger partial charge is 0.483 e. The van der Waals surface area contributed by atoms with E-state index >= 15 is 0 Å². The van der Waals surface area contributed by atoms with Gasteiger partial charge >= 0.3 is 0 Å². The van der Waals surface area contributed by atoms with Crippen molar-refractivity contribution in [1.29, 1.82) is 0 Å². The van der Waals surface area contributed by atoms with Crippen LogP contribution in [0.3, 0.4) is 0 Å². The molecule has 0 aliphatic heterocycles. The first-order valence-corrected chi connectivity index (χ1v) is 13.9. The van der Waals surface area contributed by atoms with E-state index in [9.17, 15) is 22.8 Å². The number of Topliss-reactive ketones (excluding diaryl/α,β-unsaturated/α-hetero) is 1. The lowest BCUT2D eigenvalue weighted by Crippen LogP contribution is -2.36. The number of carbonyl (C=O) groups excluding carboxylic acids is 3. The minimum absolute atomic E-state index is 0.138. The van der Waals surface area contributed by atoms with Crippen LogP contribution in [0.1, 0.15) is 55.2 Å². The maximum Gasteiger partial charge on any atom is 0.289 e. The van der Waals surface area contributed by atoms with Gasteiger partial charge in [-0.3, -0.25) is 19.1 Å². The molecule has 2 amide bonds. The highest BCUT2D eigenvalue weighted by atomic mass is 32.2. The van der Waals surface area contributed by atoms with Crippen molar-refractivity contribution >= 4 is 38.5 Å². The number of nitrogens with one attached hydrogen (secondary N) is 1. The van der Waals surface area contributed by atoms with Gasteiger partial charge in [0.1, 0.15) is 5.75 Å². The van der Waals surface area contributed by atoms with E-state index in [0.717, 1.165) is 5.56 Å². The third kappa shape index (κ3) is 6.97. The summed E-state index contributed by atoms with van der Waals surface area (Å²) in [5.41, 5.74) is 7.84. The van der Waals surface area contributed by atoms with E-state index in [0.29, 0.717) is 42.4 Å². The van der Waals surface area contributed by atoms with Gasteiger partial charge in [-0.05, 0) is 36.5 Å². The number of ether oxygens (including phenoxy) is 1. The molecule has 0 saturated carbocycles. The number of sulfonamides is 1. The quantitative estimate of drug-likeness (QED) is 0.259. The number of hydrogen-bond donors (Lipinski definition) is 2. The van der Waals surface area contributed by atoms with Crippen LogP contribution in [0.4, 0.5) is 0 Å². The fourth-order valence-corrected chi connectivity index (χ4v) is 5.36. The molecular formula is C27H33N3O6S. The predicted molar refractivity (Wildman–Crippen MR) is 142 cm³/mol. The maximum absolute atomic E-state index is 13.1. The second-order valence-electron chi connectivity index (χ2n) is 9.32. The van der Waals surface area contributed by atoms with E-state index in [2.05, 4.69) is 0 Å². The molecule has 1 heterocycles. The first-order chi connectivity index (χ1) is 17.5. The Kier molecular flexibility index (Phi) is 9.09. The molecule has 3 rings (SSSR count). The summed E-state index contributed by atoms with van der Waals surface area (Å²) in [7, 11) is -3.77. The Morgan fingerprint density at radius 1 is 1.05 bits per heavy atom. The SMILES string of the molecule is CCCCS(=O)(=O)NC(=O)COc1cccc2c1c(C(=O)C(N)=O)c(CC(C)C)n2Cc1ccccc1. The van der Waals surface area contributed by atoms with Crippen LogP contribution in [-0.2, 0) is 32.6 Å². The van der Waals surface area contributed by atoms with Crippen LogP contribution < -0.4 is 15.2 Å². The van der Waals surface area contributed by atoms with Crippen molar-refractivity contribution in [1.82, 2.24) is 9.29 Å². The van der Waals surface area contributed by atoms with Gasteiger partial charge in [-0.15, -0.1) is 0 Å². The normalized spacial score (nSPS) is 11.6. The number of amides is 2. The molecule has 10 heteroatoms. The lowest BCUT2D eigenvalue weighted by Gasteiger charge is -2.14. The van der Waals surface area contributed by atoms with Gasteiger partial charge in [-0.25, -0.2) is 8.42 Å². The molecule has 37 heavy (non-hydrogen) atoms. The van der Waals surface area contributed by atoms with Gasteiger partial charge in [-0.1, -0.05) is 63.6 Å². The summed E-state index contributed by atoms with van der Waals surface area (Å²) in [6.45, 7) is 5.71. The Labute approximate surface area is 217 Å². The second kappa shape index (κ2) is 12.1. The Bertz CT molecular complexity index is 1390. The van der Waals surface area contributed by atoms with Crippen molar-refractivity contribution in [2.75, 3.05) is 12.4 Å². The summed E-state index contributed by atoms with van der Waals surface area (Å²) < 4.78 is 33.9. The highest BCUT2D eigenvalue weighted by Crippen LogP contribution is 2.36. The molecule has 198 valence electrons. The summed E-state index contributed by atoms with van der Waals surface area (Å²) >= 11 is 0. The summed E-state index contributed by atoms with van der Waals surface area (Å²) in [6.07, 6.45) is 1.59. The van der Waals surface area contributed by atoms with Gasteiger partial charge in [0.15, 0.2) is 6.61 Å². The summed E-state index contributed by atoms with van der Waals surface area (Å²) in [5.74, 6) is -2.61. The molecule has 0 aliphatic rings. The molecule has 0 aliphatic carbocycles. The minimum Gasteiger partial charge on any atom is -0.483 e. The third-order valence-corrected chi connectivity index (χ3v) is 7.15. The number of fused-ring (bicyclic) bond motifs is 1. The number of ketones is 1. The fraction of sp³-hybridized carbons (Fsp3) is 0.370. The smallest absolute Gasteiger partial charge is 0.289 e. The van der Waals surface area contributed by atoms with Crippen molar-refractivity contribution in [3.05, 3.63) is 65.4 Å². The molecule has 3 N–H and O–H groups in total. The van der Waals surface area contributed by atoms with E-state index < -0.39 is 34.2 Å². The molecule has 0 unspecified atom stereocenters. The maximum atomic E-state index is 13.1. The number of unbranched alkanes of at least 4 members (excludes halogenated alkanes) is 1. The standard InChI is InChI=1S/C27H33N3O6S/c1-4-5-14-37(34,35)29-23(31)17-36-22-13-9-12-20-24(22)25(26(32)27(28)33)21(15-18(2)3)30(20)16-19-10-7-6-8-11-19/h6-13,18H,4-5,14-17H2,1-3H3,(H2,28,33)(H,29,31). The first kappa shape index (κ1) is 27.9. The van der Waals surface area contributed by atoms with E-state index in [1.54, 1.807) is 12.1 Å². The molecule has 0 spiro atoms. The number of primary amides is 1. The summed E-state index contributed by atoms with van der Waals surface area (Å²) in [5, 5.41) is 0.361. The fourth-order valence-electron chi connectivity index (χ4n) is 4.19. The van der Waals surface area contributed by atoms with Crippen molar-refractivity contribution in [2.45, 2.75) is 46.6 Å². The zero-order chi connectivity index (χ0) is 27.2. The highest BCUT2D eigenvalue weighted by molar-refractivity contribution is 7.90. The van der Waals surface area contributed by atoms with E-state index in [1.165, 1.54) is 0 Å².